The number of carbonyl (C=O) groups excluding carboxylic acids is 1. The smallest absolute Gasteiger partial charge is 0.255 e. The Balaban J connectivity index is 1.62. The maximum Gasteiger partial charge on any atom is 0.255 e. The van der Waals surface area contributed by atoms with Crippen LogP contribution in [0.15, 0.2) is 47.4 Å². The van der Waals surface area contributed by atoms with E-state index in [1.807, 2.05) is 6.07 Å². The number of aromatic nitrogens is 4. The fraction of sp³-hybridized carbons (Fsp3) is 0.211. The number of sulfonamides is 1. The zero-order chi connectivity index (χ0) is 21.8. The lowest BCUT2D eigenvalue weighted by molar-refractivity contribution is 0.0730. The molecule has 1 aliphatic heterocycles. The van der Waals surface area contributed by atoms with E-state index < -0.39 is 15.9 Å². The monoisotopic (exact) mass is 439 g/mol. The first-order valence-corrected chi connectivity index (χ1v) is 10.7. The van der Waals surface area contributed by atoms with Crippen LogP contribution in [0.4, 0.5) is 5.69 Å². The summed E-state index contributed by atoms with van der Waals surface area (Å²) < 4.78 is 32.3. The van der Waals surface area contributed by atoms with Crippen molar-refractivity contribution >= 4 is 21.6 Å². The van der Waals surface area contributed by atoms with Crippen molar-refractivity contribution in [3.63, 3.8) is 0 Å². The van der Waals surface area contributed by atoms with Gasteiger partial charge < -0.3 is 10.1 Å². The molecule has 0 aliphatic carbocycles. The summed E-state index contributed by atoms with van der Waals surface area (Å²) >= 11 is 0. The molecule has 1 saturated heterocycles. The minimum Gasteiger partial charge on any atom is -0.379 e. The average molecular weight is 439 g/mol. The van der Waals surface area contributed by atoms with E-state index in [2.05, 4.69) is 25.9 Å². The first kappa shape index (κ1) is 20.6. The van der Waals surface area contributed by atoms with Crippen LogP contribution < -0.4 is 5.32 Å². The number of ether oxygens (including phenoxy) is 1. The number of benzene rings is 2. The fourth-order valence-electron chi connectivity index (χ4n) is 3.11. The van der Waals surface area contributed by atoms with Crippen molar-refractivity contribution in [3.8, 4) is 17.5 Å². The summed E-state index contributed by atoms with van der Waals surface area (Å²) in [5, 5.41) is 25.5. The van der Waals surface area contributed by atoms with Gasteiger partial charge >= 0.3 is 0 Å². The topological polar surface area (TPSA) is 154 Å². The molecule has 3 aromatic rings. The first-order chi connectivity index (χ1) is 15.0. The molecule has 0 atom stereocenters. The van der Waals surface area contributed by atoms with E-state index >= 15 is 0 Å². The number of rotatable bonds is 5. The van der Waals surface area contributed by atoms with Gasteiger partial charge in [-0.15, -0.1) is 10.2 Å². The van der Waals surface area contributed by atoms with Gasteiger partial charge in [-0.1, -0.05) is 6.07 Å². The van der Waals surface area contributed by atoms with E-state index in [4.69, 9.17) is 10.00 Å². The number of nitrogens with one attached hydrogen (secondary N) is 2. The van der Waals surface area contributed by atoms with Crippen LogP contribution in [-0.4, -0.2) is 65.6 Å². The lowest BCUT2D eigenvalue weighted by atomic mass is 10.1. The number of hydrogen-bond acceptors (Lipinski definition) is 8. The van der Waals surface area contributed by atoms with Gasteiger partial charge in [0.05, 0.1) is 35.4 Å². The molecule has 0 spiro atoms. The molecule has 11 nitrogen and oxygen atoms in total. The van der Waals surface area contributed by atoms with E-state index in [0.717, 1.165) is 0 Å². The Hall–Kier alpha value is -3.66. The van der Waals surface area contributed by atoms with Crippen LogP contribution in [0.25, 0.3) is 11.4 Å². The number of tetrazole rings is 1. The summed E-state index contributed by atoms with van der Waals surface area (Å²) in [7, 11) is -3.74. The van der Waals surface area contributed by atoms with Crippen LogP contribution in [0, 0.1) is 11.3 Å². The molecule has 4 rings (SSSR count). The van der Waals surface area contributed by atoms with Crippen molar-refractivity contribution in [1.82, 2.24) is 24.9 Å². The standard InChI is InChI=1S/C19H17N7O4S/c20-12-13-4-5-17(16(10-13)18-22-24-25-23-18)21-19(27)14-2-1-3-15(11-14)31(28,29)26-6-8-30-9-7-26/h1-5,10-11H,6-9H2,(H,21,27)(H,22,23,24,25). The van der Waals surface area contributed by atoms with E-state index in [0.29, 0.717) is 30.0 Å². The minimum absolute atomic E-state index is 0.0280. The van der Waals surface area contributed by atoms with Gasteiger partial charge in [-0.2, -0.15) is 14.8 Å². The summed E-state index contributed by atoms with van der Waals surface area (Å²) in [4.78, 5) is 12.9. The molecule has 2 N–H and O–H groups in total. The Morgan fingerprint density at radius 2 is 2.00 bits per heavy atom. The third-order valence-corrected chi connectivity index (χ3v) is 6.58. The van der Waals surface area contributed by atoms with Crippen LogP contribution in [0.5, 0.6) is 0 Å². The third kappa shape index (κ3) is 4.29. The van der Waals surface area contributed by atoms with E-state index in [9.17, 15) is 13.2 Å². The van der Waals surface area contributed by atoms with Crippen LogP contribution in [-0.2, 0) is 14.8 Å². The Morgan fingerprint density at radius 3 is 2.71 bits per heavy atom. The third-order valence-electron chi connectivity index (χ3n) is 4.69. The van der Waals surface area contributed by atoms with Gasteiger partial charge in [0.15, 0.2) is 0 Å². The molecule has 1 amide bonds. The number of aromatic amines is 1. The second-order valence-electron chi connectivity index (χ2n) is 6.61. The molecular weight excluding hydrogens is 422 g/mol. The lowest BCUT2D eigenvalue weighted by Gasteiger charge is -2.26. The zero-order valence-electron chi connectivity index (χ0n) is 16.1. The number of anilines is 1. The molecule has 1 aromatic heterocycles. The highest BCUT2D eigenvalue weighted by molar-refractivity contribution is 7.89. The van der Waals surface area contributed by atoms with Crippen LogP contribution in [0.3, 0.4) is 0 Å². The highest BCUT2D eigenvalue weighted by atomic mass is 32.2. The Bertz CT molecular complexity index is 1250. The maximum atomic E-state index is 12.9. The van der Waals surface area contributed by atoms with E-state index in [-0.39, 0.29) is 29.4 Å². The lowest BCUT2D eigenvalue weighted by Crippen LogP contribution is -2.40. The fourth-order valence-corrected chi connectivity index (χ4v) is 4.57. The van der Waals surface area contributed by atoms with Crippen LogP contribution >= 0.6 is 0 Å². The van der Waals surface area contributed by atoms with Crippen LogP contribution in [0.1, 0.15) is 15.9 Å². The SMILES string of the molecule is N#Cc1ccc(NC(=O)c2cccc(S(=O)(=O)N3CCOCC3)c2)c(-c2nn[nH]n2)c1. The minimum atomic E-state index is -3.74. The number of nitrogens with zero attached hydrogens (tertiary/aromatic N) is 5. The largest absolute Gasteiger partial charge is 0.379 e. The summed E-state index contributed by atoms with van der Waals surface area (Å²) in [6.07, 6.45) is 0. The molecule has 2 aromatic carbocycles. The number of morpholine rings is 1. The number of H-pyrrole nitrogens is 1. The van der Waals surface area contributed by atoms with Crippen molar-refractivity contribution in [2.24, 2.45) is 0 Å². The molecule has 2 heterocycles. The number of hydrogen-bond donors (Lipinski definition) is 2. The Morgan fingerprint density at radius 1 is 1.19 bits per heavy atom. The number of amides is 1. The zero-order valence-corrected chi connectivity index (χ0v) is 17.0. The maximum absolute atomic E-state index is 12.9. The number of carbonyl (C=O) groups is 1. The Kier molecular flexibility index (Phi) is 5.72. The van der Waals surface area contributed by atoms with E-state index in [1.165, 1.54) is 34.6 Å². The summed E-state index contributed by atoms with van der Waals surface area (Å²) in [6.45, 7) is 1.18. The first-order valence-electron chi connectivity index (χ1n) is 9.26. The molecule has 12 heteroatoms. The Labute approximate surface area is 177 Å². The summed E-state index contributed by atoms with van der Waals surface area (Å²) in [5.74, 6) is -0.315. The van der Waals surface area contributed by atoms with Crippen LogP contribution in [0.2, 0.25) is 0 Å². The van der Waals surface area contributed by atoms with E-state index in [1.54, 1.807) is 12.1 Å². The highest BCUT2D eigenvalue weighted by Gasteiger charge is 2.27. The molecule has 0 radical (unpaired) electrons. The van der Waals surface area contributed by atoms with Crippen molar-refractivity contribution in [3.05, 3.63) is 53.6 Å². The molecule has 0 bridgehead atoms. The second-order valence-corrected chi connectivity index (χ2v) is 8.54. The van der Waals surface area contributed by atoms with Crippen molar-refractivity contribution in [2.45, 2.75) is 4.90 Å². The predicted octanol–water partition coefficient (Wildman–Crippen LogP) is 1.01. The van der Waals surface area contributed by atoms with Gasteiger partial charge in [-0.25, -0.2) is 8.42 Å². The molecule has 0 unspecified atom stereocenters. The van der Waals surface area contributed by atoms with Gasteiger partial charge in [0.25, 0.3) is 5.91 Å². The second kappa shape index (κ2) is 8.60. The molecular formula is C19H17N7O4S. The van der Waals surface area contributed by atoms with Gasteiger partial charge in [0.1, 0.15) is 0 Å². The summed E-state index contributed by atoms with van der Waals surface area (Å²) in [5.41, 5.74) is 1.28. The molecule has 31 heavy (non-hydrogen) atoms. The van der Waals surface area contributed by atoms with Gasteiger partial charge in [0, 0.05) is 24.2 Å². The normalized spacial score (nSPS) is 14.7. The van der Waals surface area contributed by atoms with Gasteiger partial charge in [0.2, 0.25) is 15.8 Å². The highest BCUT2D eigenvalue weighted by Crippen LogP contribution is 2.27. The van der Waals surface area contributed by atoms with Gasteiger partial charge in [-0.3, -0.25) is 4.79 Å². The average Bonchev–Trinajstić information content (AvgIpc) is 3.35. The van der Waals surface area contributed by atoms with Crippen molar-refractivity contribution in [1.29, 1.82) is 5.26 Å². The molecule has 1 fully saturated rings. The number of nitriles is 1. The quantitative estimate of drug-likeness (QED) is 0.597. The predicted molar refractivity (Wildman–Crippen MR) is 108 cm³/mol. The van der Waals surface area contributed by atoms with Crippen molar-refractivity contribution < 1.29 is 17.9 Å². The molecule has 158 valence electrons. The molecule has 1 aliphatic rings. The molecule has 0 saturated carbocycles. The summed E-state index contributed by atoms with van der Waals surface area (Å²) in [6, 6.07) is 12.5. The van der Waals surface area contributed by atoms with Gasteiger partial charge in [-0.05, 0) is 41.6 Å². The van der Waals surface area contributed by atoms with Crippen molar-refractivity contribution in [2.75, 3.05) is 31.6 Å².